The SMILES string of the molecule is CCc1c(NC(=O)Nc2cccc(CCC(=O)O)c2)cnn1C(CC)CC. The Bertz CT molecular complexity index is 781. The number of aryl methyl sites for hydroxylation is 1. The van der Waals surface area contributed by atoms with E-state index in [4.69, 9.17) is 5.11 Å². The van der Waals surface area contributed by atoms with Crippen molar-refractivity contribution in [1.82, 2.24) is 9.78 Å². The lowest BCUT2D eigenvalue weighted by Crippen LogP contribution is -2.20. The molecule has 0 fully saturated rings. The van der Waals surface area contributed by atoms with E-state index in [1.54, 1.807) is 24.4 Å². The largest absolute Gasteiger partial charge is 0.481 e. The topological polar surface area (TPSA) is 96.2 Å². The van der Waals surface area contributed by atoms with E-state index < -0.39 is 5.97 Å². The summed E-state index contributed by atoms with van der Waals surface area (Å²) in [6, 6.07) is 7.19. The number of nitrogens with zero attached hydrogens (tertiary/aromatic N) is 2. The average Bonchev–Trinajstić information content (AvgIpc) is 3.03. The molecule has 7 heteroatoms. The lowest BCUT2D eigenvalue weighted by atomic mass is 10.1. The molecule has 27 heavy (non-hydrogen) atoms. The van der Waals surface area contributed by atoms with Gasteiger partial charge in [-0.1, -0.05) is 32.9 Å². The van der Waals surface area contributed by atoms with Crippen LogP contribution in [0.3, 0.4) is 0 Å². The van der Waals surface area contributed by atoms with Gasteiger partial charge in [0.15, 0.2) is 0 Å². The highest BCUT2D eigenvalue weighted by Gasteiger charge is 2.16. The minimum Gasteiger partial charge on any atom is -0.481 e. The maximum atomic E-state index is 12.4. The van der Waals surface area contributed by atoms with Crippen molar-refractivity contribution in [3.8, 4) is 0 Å². The number of aliphatic carboxylic acids is 1. The zero-order chi connectivity index (χ0) is 19.8. The van der Waals surface area contributed by atoms with Gasteiger partial charge in [-0.3, -0.25) is 9.48 Å². The van der Waals surface area contributed by atoms with Gasteiger partial charge in [0.2, 0.25) is 0 Å². The van der Waals surface area contributed by atoms with Crippen molar-refractivity contribution in [3.05, 3.63) is 41.7 Å². The number of carbonyl (C=O) groups excluding carboxylic acids is 1. The number of amides is 2. The monoisotopic (exact) mass is 372 g/mol. The van der Waals surface area contributed by atoms with Crippen LogP contribution in [-0.2, 0) is 17.6 Å². The number of benzene rings is 1. The van der Waals surface area contributed by atoms with Gasteiger partial charge in [-0.15, -0.1) is 0 Å². The van der Waals surface area contributed by atoms with Crippen molar-refractivity contribution in [2.24, 2.45) is 0 Å². The zero-order valence-corrected chi connectivity index (χ0v) is 16.2. The van der Waals surface area contributed by atoms with E-state index in [2.05, 4.69) is 29.6 Å². The number of anilines is 2. The first-order valence-corrected chi connectivity index (χ1v) is 9.43. The average molecular weight is 372 g/mol. The highest BCUT2D eigenvalue weighted by Crippen LogP contribution is 2.24. The fourth-order valence-electron chi connectivity index (χ4n) is 3.13. The number of nitrogens with one attached hydrogen (secondary N) is 2. The first-order chi connectivity index (χ1) is 13.0. The van der Waals surface area contributed by atoms with Crippen LogP contribution >= 0.6 is 0 Å². The van der Waals surface area contributed by atoms with Crippen molar-refractivity contribution in [3.63, 3.8) is 0 Å². The molecule has 146 valence electrons. The quantitative estimate of drug-likeness (QED) is 0.605. The summed E-state index contributed by atoms with van der Waals surface area (Å²) in [5.41, 5.74) is 3.21. The van der Waals surface area contributed by atoms with E-state index in [-0.39, 0.29) is 12.5 Å². The molecule has 1 heterocycles. The van der Waals surface area contributed by atoms with E-state index in [9.17, 15) is 9.59 Å². The van der Waals surface area contributed by atoms with Crippen LogP contribution in [0.5, 0.6) is 0 Å². The van der Waals surface area contributed by atoms with Crippen LogP contribution in [0, 0.1) is 0 Å². The molecule has 2 amide bonds. The molecule has 0 bridgehead atoms. The molecule has 0 spiro atoms. The van der Waals surface area contributed by atoms with Crippen LogP contribution in [-0.4, -0.2) is 26.9 Å². The van der Waals surface area contributed by atoms with Crippen molar-refractivity contribution in [2.75, 3.05) is 10.6 Å². The van der Waals surface area contributed by atoms with E-state index in [0.29, 0.717) is 23.8 Å². The predicted octanol–water partition coefficient (Wildman–Crippen LogP) is 4.47. The summed E-state index contributed by atoms with van der Waals surface area (Å²) < 4.78 is 2.00. The molecule has 1 aromatic heterocycles. The second-order valence-corrected chi connectivity index (χ2v) is 6.45. The predicted molar refractivity (Wildman–Crippen MR) is 106 cm³/mol. The van der Waals surface area contributed by atoms with Crippen LogP contribution in [0.4, 0.5) is 16.2 Å². The molecule has 0 aliphatic carbocycles. The number of urea groups is 1. The Balaban J connectivity index is 2.06. The third-order valence-corrected chi connectivity index (χ3v) is 4.58. The van der Waals surface area contributed by atoms with Crippen molar-refractivity contribution >= 4 is 23.4 Å². The van der Waals surface area contributed by atoms with Gasteiger partial charge >= 0.3 is 12.0 Å². The summed E-state index contributed by atoms with van der Waals surface area (Å²) in [4.78, 5) is 23.1. The summed E-state index contributed by atoms with van der Waals surface area (Å²) in [6.45, 7) is 6.31. The highest BCUT2D eigenvalue weighted by molar-refractivity contribution is 6.00. The minimum absolute atomic E-state index is 0.0602. The second-order valence-electron chi connectivity index (χ2n) is 6.45. The molecule has 0 aliphatic heterocycles. The maximum Gasteiger partial charge on any atom is 0.323 e. The maximum absolute atomic E-state index is 12.4. The van der Waals surface area contributed by atoms with E-state index in [0.717, 1.165) is 30.5 Å². The van der Waals surface area contributed by atoms with Crippen LogP contribution in [0.1, 0.15) is 57.3 Å². The van der Waals surface area contributed by atoms with E-state index in [1.807, 2.05) is 17.7 Å². The van der Waals surface area contributed by atoms with Crippen LogP contribution in [0.25, 0.3) is 0 Å². The number of hydrogen-bond donors (Lipinski definition) is 3. The third-order valence-electron chi connectivity index (χ3n) is 4.58. The molecule has 0 unspecified atom stereocenters. The lowest BCUT2D eigenvalue weighted by molar-refractivity contribution is -0.136. The Kier molecular flexibility index (Phi) is 7.40. The molecule has 0 atom stereocenters. The van der Waals surface area contributed by atoms with Crippen LogP contribution in [0.2, 0.25) is 0 Å². The van der Waals surface area contributed by atoms with Gasteiger partial charge in [-0.25, -0.2) is 4.79 Å². The number of hydrogen-bond acceptors (Lipinski definition) is 3. The molecular formula is C20H28N4O3. The van der Waals surface area contributed by atoms with E-state index in [1.165, 1.54) is 0 Å². The molecule has 0 saturated carbocycles. The van der Waals surface area contributed by atoms with Gasteiger partial charge in [0, 0.05) is 12.1 Å². The highest BCUT2D eigenvalue weighted by atomic mass is 16.4. The molecule has 7 nitrogen and oxygen atoms in total. The molecule has 0 radical (unpaired) electrons. The summed E-state index contributed by atoms with van der Waals surface area (Å²) >= 11 is 0. The van der Waals surface area contributed by atoms with E-state index >= 15 is 0 Å². The van der Waals surface area contributed by atoms with Crippen molar-refractivity contribution < 1.29 is 14.7 Å². The summed E-state index contributed by atoms with van der Waals surface area (Å²) in [7, 11) is 0. The Hall–Kier alpha value is -2.83. The molecule has 2 aromatic rings. The first kappa shape index (κ1) is 20.5. The number of rotatable bonds is 9. The van der Waals surface area contributed by atoms with Crippen LogP contribution in [0.15, 0.2) is 30.5 Å². The number of carboxylic acids is 1. The summed E-state index contributed by atoms with van der Waals surface area (Å²) in [5, 5.41) is 18.9. The third kappa shape index (κ3) is 5.57. The number of aromatic nitrogens is 2. The number of carboxylic acid groups (broad SMARTS) is 1. The van der Waals surface area contributed by atoms with Gasteiger partial charge in [0.05, 0.1) is 23.6 Å². The fraction of sp³-hybridized carbons (Fsp3) is 0.450. The zero-order valence-electron chi connectivity index (χ0n) is 16.2. The van der Waals surface area contributed by atoms with Crippen molar-refractivity contribution in [1.29, 1.82) is 0 Å². The van der Waals surface area contributed by atoms with Gasteiger partial charge in [0.1, 0.15) is 0 Å². The van der Waals surface area contributed by atoms with Gasteiger partial charge in [-0.05, 0) is 43.4 Å². The smallest absolute Gasteiger partial charge is 0.323 e. The van der Waals surface area contributed by atoms with Gasteiger partial charge in [-0.2, -0.15) is 5.10 Å². The molecule has 0 saturated heterocycles. The summed E-state index contributed by atoms with van der Waals surface area (Å²) in [5.74, 6) is -0.840. The molecular weight excluding hydrogens is 344 g/mol. The Morgan fingerprint density at radius 1 is 1.19 bits per heavy atom. The standard InChI is InChI=1S/C20H28N4O3/c1-4-16(5-2)24-18(6-3)17(13-21-24)23-20(27)22-15-9-7-8-14(12-15)10-11-19(25)26/h7-9,12-13,16H,4-6,10-11H2,1-3H3,(H,25,26)(H2,22,23,27). The van der Waals surface area contributed by atoms with Gasteiger partial charge < -0.3 is 15.7 Å². The normalized spacial score (nSPS) is 10.8. The molecule has 2 rings (SSSR count). The van der Waals surface area contributed by atoms with Crippen molar-refractivity contribution in [2.45, 2.75) is 58.9 Å². The molecule has 0 aliphatic rings. The van der Waals surface area contributed by atoms with Gasteiger partial charge in [0.25, 0.3) is 0 Å². The minimum atomic E-state index is -0.840. The first-order valence-electron chi connectivity index (χ1n) is 9.43. The fourth-order valence-corrected chi connectivity index (χ4v) is 3.13. The molecule has 3 N–H and O–H groups in total. The number of carbonyl (C=O) groups is 2. The summed E-state index contributed by atoms with van der Waals surface area (Å²) in [6.07, 6.45) is 4.93. The van der Waals surface area contributed by atoms with Crippen LogP contribution < -0.4 is 10.6 Å². The second kappa shape index (κ2) is 9.75. The lowest BCUT2D eigenvalue weighted by Gasteiger charge is -2.17. The Morgan fingerprint density at radius 3 is 2.56 bits per heavy atom. The Morgan fingerprint density at radius 2 is 1.93 bits per heavy atom. The molecule has 1 aromatic carbocycles. The Labute approximate surface area is 159 Å².